The predicted molar refractivity (Wildman–Crippen MR) is 110 cm³/mol. The van der Waals surface area contributed by atoms with E-state index in [1.165, 1.54) is 11.1 Å². The predicted octanol–water partition coefficient (Wildman–Crippen LogP) is 6.40. The molecular weight excluding hydrogens is 336 g/mol. The number of hydrogen-bond donors (Lipinski definition) is 0. The van der Waals surface area contributed by atoms with Gasteiger partial charge < -0.3 is 13.9 Å². The zero-order chi connectivity index (χ0) is 19.0. The standard InChI is InChI=1S/C24H22O3/c1-15-12-16(2)22-21(13-15)27-24(17-8-10-19(25-3)11-9-17)23(22)18-6-5-7-20(14-18)26-4/h5-14H,1-4H3. The lowest BCUT2D eigenvalue weighted by Crippen LogP contribution is -1.87. The molecule has 0 spiro atoms. The summed E-state index contributed by atoms with van der Waals surface area (Å²) in [5.41, 5.74) is 6.47. The van der Waals surface area contributed by atoms with Gasteiger partial charge in [-0.25, -0.2) is 0 Å². The van der Waals surface area contributed by atoms with E-state index < -0.39 is 0 Å². The summed E-state index contributed by atoms with van der Waals surface area (Å²) >= 11 is 0. The van der Waals surface area contributed by atoms with E-state index in [2.05, 4.69) is 38.1 Å². The fourth-order valence-corrected chi connectivity index (χ4v) is 3.60. The molecule has 0 saturated carbocycles. The maximum absolute atomic E-state index is 6.37. The van der Waals surface area contributed by atoms with E-state index in [1.54, 1.807) is 14.2 Å². The second-order valence-corrected chi connectivity index (χ2v) is 6.72. The molecule has 1 aromatic heterocycles. The molecule has 0 unspecified atom stereocenters. The topological polar surface area (TPSA) is 31.6 Å². The highest BCUT2D eigenvalue weighted by Crippen LogP contribution is 2.43. The van der Waals surface area contributed by atoms with Crippen molar-refractivity contribution in [3.05, 3.63) is 71.8 Å². The quantitative estimate of drug-likeness (QED) is 0.423. The second-order valence-electron chi connectivity index (χ2n) is 6.72. The Labute approximate surface area is 159 Å². The molecule has 0 atom stereocenters. The van der Waals surface area contributed by atoms with Gasteiger partial charge in [-0.1, -0.05) is 18.2 Å². The van der Waals surface area contributed by atoms with Gasteiger partial charge in [0.05, 0.1) is 14.2 Å². The molecule has 4 aromatic rings. The van der Waals surface area contributed by atoms with Gasteiger partial charge in [0.1, 0.15) is 22.8 Å². The number of fused-ring (bicyclic) bond motifs is 1. The Morgan fingerprint density at radius 3 is 2.19 bits per heavy atom. The zero-order valence-corrected chi connectivity index (χ0v) is 16.0. The van der Waals surface area contributed by atoms with Crippen LogP contribution in [0.1, 0.15) is 11.1 Å². The Morgan fingerprint density at radius 2 is 1.48 bits per heavy atom. The van der Waals surface area contributed by atoms with Gasteiger partial charge in [-0.05, 0) is 73.0 Å². The summed E-state index contributed by atoms with van der Waals surface area (Å²) in [7, 11) is 3.36. The highest BCUT2D eigenvalue weighted by atomic mass is 16.5. The minimum Gasteiger partial charge on any atom is -0.497 e. The monoisotopic (exact) mass is 358 g/mol. The van der Waals surface area contributed by atoms with Crippen LogP contribution in [0.4, 0.5) is 0 Å². The van der Waals surface area contributed by atoms with Crippen LogP contribution < -0.4 is 9.47 Å². The van der Waals surface area contributed by atoms with Gasteiger partial charge in [-0.15, -0.1) is 0 Å². The summed E-state index contributed by atoms with van der Waals surface area (Å²) in [4.78, 5) is 0. The fraction of sp³-hybridized carbons (Fsp3) is 0.167. The van der Waals surface area contributed by atoms with Crippen LogP contribution in [-0.4, -0.2) is 14.2 Å². The van der Waals surface area contributed by atoms with Crippen LogP contribution in [0, 0.1) is 13.8 Å². The van der Waals surface area contributed by atoms with Gasteiger partial charge in [0.2, 0.25) is 0 Å². The number of aryl methyl sites for hydroxylation is 2. The molecule has 0 saturated heterocycles. The number of benzene rings is 3. The molecule has 0 amide bonds. The fourth-order valence-electron chi connectivity index (χ4n) is 3.60. The molecule has 0 bridgehead atoms. The molecule has 1 heterocycles. The number of methoxy groups -OCH3 is 2. The van der Waals surface area contributed by atoms with Crippen molar-refractivity contribution in [2.45, 2.75) is 13.8 Å². The van der Waals surface area contributed by atoms with Crippen molar-refractivity contribution in [3.63, 3.8) is 0 Å². The van der Waals surface area contributed by atoms with Gasteiger partial charge in [-0.3, -0.25) is 0 Å². The molecule has 0 aliphatic heterocycles. The third kappa shape index (κ3) is 3.06. The molecule has 4 rings (SSSR count). The van der Waals surface area contributed by atoms with Crippen molar-refractivity contribution in [1.29, 1.82) is 0 Å². The van der Waals surface area contributed by atoms with Crippen LogP contribution in [0.2, 0.25) is 0 Å². The Bertz CT molecular complexity index is 1100. The summed E-state index contributed by atoms with van der Waals surface area (Å²) < 4.78 is 17.1. The summed E-state index contributed by atoms with van der Waals surface area (Å²) in [5.74, 6) is 2.51. The number of hydrogen-bond acceptors (Lipinski definition) is 3. The van der Waals surface area contributed by atoms with Crippen LogP contribution in [0.5, 0.6) is 11.5 Å². The molecule has 0 fully saturated rings. The molecule has 3 nitrogen and oxygen atoms in total. The van der Waals surface area contributed by atoms with Crippen molar-refractivity contribution in [1.82, 2.24) is 0 Å². The maximum atomic E-state index is 6.37. The summed E-state index contributed by atoms with van der Waals surface area (Å²) in [5, 5.41) is 1.14. The first kappa shape index (κ1) is 17.2. The van der Waals surface area contributed by atoms with E-state index >= 15 is 0 Å². The first-order chi connectivity index (χ1) is 13.1. The van der Waals surface area contributed by atoms with Crippen molar-refractivity contribution >= 4 is 11.0 Å². The molecule has 3 aromatic carbocycles. The molecule has 0 aliphatic rings. The highest BCUT2D eigenvalue weighted by Gasteiger charge is 2.20. The highest BCUT2D eigenvalue weighted by molar-refractivity contribution is 6.03. The van der Waals surface area contributed by atoms with Crippen molar-refractivity contribution in [2.75, 3.05) is 14.2 Å². The van der Waals surface area contributed by atoms with Crippen molar-refractivity contribution in [2.24, 2.45) is 0 Å². The number of furan rings is 1. The molecule has 0 aliphatic carbocycles. The summed E-state index contributed by atoms with van der Waals surface area (Å²) in [6, 6.07) is 20.4. The molecule has 0 radical (unpaired) electrons. The lowest BCUT2D eigenvalue weighted by atomic mass is 9.95. The maximum Gasteiger partial charge on any atom is 0.143 e. The van der Waals surface area contributed by atoms with Crippen LogP contribution >= 0.6 is 0 Å². The van der Waals surface area contributed by atoms with Gasteiger partial charge in [0.15, 0.2) is 0 Å². The average Bonchev–Trinajstić information content (AvgIpc) is 3.07. The number of rotatable bonds is 4. The van der Waals surface area contributed by atoms with Crippen LogP contribution in [0.25, 0.3) is 33.4 Å². The van der Waals surface area contributed by atoms with E-state index in [9.17, 15) is 0 Å². The van der Waals surface area contributed by atoms with E-state index in [-0.39, 0.29) is 0 Å². The Balaban J connectivity index is 2.03. The second kappa shape index (κ2) is 6.84. The minimum absolute atomic E-state index is 0.824. The van der Waals surface area contributed by atoms with Crippen molar-refractivity contribution in [3.8, 4) is 33.9 Å². The van der Waals surface area contributed by atoms with Gasteiger partial charge >= 0.3 is 0 Å². The largest absolute Gasteiger partial charge is 0.497 e. The molecule has 0 N–H and O–H groups in total. The average molecular weight is 358 g/mol. The molecular formula is C24H22O3. The van der Waals surface area contributed by atoms with E-state index in [4.69, 9.17) is 13.9 Å². The Morgan fingerprint density at radius 1 is 0.741 bits per heavy atom. The van der Waals surface area contributed by atoms with Crippen LogP contribution in [0.3, 0.4) is 0 Å². The third-order valence-corrected chi connectivity index (χ3v) is 4.84. The summed E-state index contributed by atoms with van der Waals surface area (Å²) in [6.45, 7) is 4.22. The molecule has 27 heavy (non-hydrogen) atoms. The van der Waals surface area contributed by atoms with Gasteiger partial charge in [0.25, 0.3) is 0 Å². The van der Waals surface area contributed by atoms with Crippen LogP contribution in [0.15, 0.2) is 65.1 Å². The Hall–Kier alpha value is -3.20. The first-order valence-corrected chi connectivity index (χ1v) is 8.93. The lowest BCUT2D eigenvalue weighted by molar-refractivity contribution is 0.415. The van der Waals surface area contributed by atoms with E-state index in [1.807, 2.05) is 36.4 Å². The number of ether oxygens (including phenoxy) is 2. The lowest BCUT2D eigenvalue weighted by Gasteiger charge is -2.08. The van der Waals surface area contributed by atoms with Crippen molar-refractivity contribution < 1.29 is 13.9 Å². The Kier molecular flexibility index (Phi) is 4.36. The third-order valence-electron chi connectivity index (χ3n) is 4.84. The minimum atomic E-state index is 0.824. The SMILES string of the molecule is COc1ccc(-c2oc3cc(C)cc(C)c3c2-c2cccc(OC)c2)cc1. The molecule has 136 valence electrons. The zero-order valence-electron chi connectivity index (χ0n) is 16.0. The smallest absolute Gasteiger partial charge is 0.143 e. The summed E-state index contributed by atoms with van der Waals surface area (Å²) in [6.07, 6.45) is 0. The van der Waals surface area contributed by atoms with Gasteiger partial charge in [0, 0.05) is 16.5 Å². The van der Waals surface area contributed by atoms with Crippen LogP contribution in [-0.2, 0) is 0 Å². The molecule has 3 heteroatoms. The van der Waals surface area contributed by atoms with E-state index in [0.29, 0.717) is 0 Å². The normalized spacial score (nSPS) is 11.0. The van der Waals surface area contributed by atoms with E-state index in [0.717, 1.165) is 44.9 Å². The van der Waals surface area contributed by atoms with Gasteiger partial charge in [-0.2, -0.15) is 0 Å². The first-order valence-electron chi connectivity index (χ1n) is 8.93.